The Kier molecular flexibility index (Phi) is 9.04. The molecule has 0 saturated carbocycles. The molecule has 1 atom stereocenters. The summed E-state index contributed by atoms with van der Waals surface area (Å²) in [5.41, 5.74) is 5.03. The fraction of sp³-hybridized carbons (Fsp3) is 0.314. The zero-order chi connectivity index (χ0) is 29.4. The molecule has 1 saturated heterocycles. The van der Waals surface area contributed by atoms with Gasteiger partial charge in [0.1, 0.15) is 0 Å². The highest BCUT2D eigenvalue weighted by molar-refractivity contribution is 5.94. The molecule has 3 aromatic heterocycles. The third-order valence-corrected chi connectivity index (χ3v) is 8.43. The molecule has 4 heterocycles. The summed E-state index contributed by atoms with van der Waals surface area (Å²) in [6.45, 7) is 4.37. The minimum atomic E-state index is 0.0513. The number of carbonyl (C=O) groups is 1. The van der Waals surface area contributed by atoms with E-state index in [0.717, 1.165) is 67.1 Å². The number of nitrogens with zero attached hydrogens (tertiary/aromatic N) is 6. The standard InChI is InChI=1S/C35H39N7O/c1-40(34(43)27-10-3-2-4-11-27)25-29(28-12-9-19-36-24-28)16-21-41-22-17-30(18-23-41)38-35-39-32-14-5-6-15-33(32)42(35)26-31-13-7-8-20-37-31/h2-15,19-20,24,29-30H,16-18,21-23,25-26H2,1H3,(H,38,39). The molecule has 1 amide bonds. The quantitative estimate of drug-likeness (QED) is 0.219. The monoisotopic (exact) mass is 573 g/mol. The molecule has 0 radical (unpaired) electrons. The lowest BCUT2D eigenvalue weighted by Crippen LogP contribution is -2.40. The van der Waals surface area contributed by atoms with Gasteiger partial charge in [-0.15, -0.1) is 0 Å². The number of hydrogen-bond donors (Lipinski definition) is 1. The van der Waals surface area contributed by atoms with Gasteiger partial charge < -0.3 is 19.7 Å². The van der Waals surface area contributed by atoms with Crippen molar-refractivity contribution in [2.45, 2.75) is 37.8 Å². The molecule has 1 fully saturated rings. The number of amides is 1. The maximum atomic E-state index is 13.1. The Bertz CT molecular complexity index is 1600. The van der Waals surface area contributed by atoms with Crippen molar-refractivity contribution < 1.29 is 4.79 Å². The molecule has 5 aromatic rings. The van der Waals surface area contributed by atoms with Crippen LogP contribution in [0.4, 0.5) is 5.95 Å². The van der Waals surface area contributed by atoms with Gasteiger partial charge in [-0.25, -0.2) is 4.98 Å². The highest BCUT2D eigenvalue weighted by Crippen LogP contribution is 2.25. The van der Waals surface area contributed by atoms with Crippen LogP contribution in [0.15, 0.2) is 104 Å². The van der Waals surface area contributed by atoms with E-state index in [1.165, 1.54) is 5.56 Å². The summed E-state index contributed by atoms with van der Waals surface area (Å²) in [5.74, 6) is 1.18. The van der Waals surface area contributed by atoms with E-state index in [9.17, 15) is 4.79 Å². The SMILES string of the molecule is CN(CC(CCN1CCC(Nc2nc3ccccc3n2Cc2ccccn2)CC1)c1cccnc1)C(=O)c1ccccc1. The number of likely N-dealkylation sites (tertiary alicyclic amines) is 1. The summed E-state index contributed by atoms with van der Waals surface area (Å²) in [7, 11) is 1.90. The third kappa shape index (κ3) is 7.09. The van der Waals surface area contributed by atoms with Crippen molar-refractivity contribution in [3.63, 3.8) is 0 Å². The van der Waals surface area contributed by atoms with Gasteiger partial charge in [0, 0.05) is 62.8 Å². The van der Waals surface area contributed by atoms with Crippen LogP contribution in [0, 0.1) is 0 Å². The van der Waals surface area contributed by atoms with Crippen molar-refractivity contribution in [2.24, 2.45) is 0 Å². The third-order valence-electron chi connectivity index (χ3n) is 8.43. The number of imidazole rings is 1. The second-order valence-electron chi connectivity index (χ2n) is 11.4. The van der Waals surface area contributed by atoms with Gasteiger partial charge in [-0.2, -0.15) is 0 Å². The minimum Gasteiger partial charge on any atom is -0.353 e. The van der Waals surface area contributed by atoms with E-state index in [-0.39, 0.29) is 11.8 Å². The van der Waals surface area contributed by atoms with Gasteiger partial charge in [0.05, 0.1) is 23.3 Å². The number of likely N-dealkylation sites (N-methyl/N-ethyl adjacent to an activating group) is 1. The zero-order valence-corrected chi connectivity index (χ0v) is 24.7. The number of carbonyl (C=O) groups excluding carboxylic acids is 1. The second-order valence-corrected chi connectivity index (χ2v) is 11.4. The second kappa shape index (κ2) is 13.6. The van der Waals surface area contributed by atoms with Crippen molar-refractivity contribution in [3.05, 3.63) is 120 Å². The number of para-hydroxylation sites is 2. The number of piperidine rings is 1. The van der Waals surface area contributed by atoms with Crippen LogP contribution in [-0.4, -0.2) is 74.5 Å². The molecule has 6 rings (SSSR count). The molecule has 1 N–H and O–H groups in total. The van der Waals surface area contributed by atoms with Gasteiger partial charge >= 0.3 is 0 Å². The number of hydrogen-bond acceptors (Lipinski definition) is 6. The smallest absolute Gasteiger partial charge is 0.253 e. The molecule has 43 heavy (non-hydrogen) atoms. The maximum Gasteiger partial charge on any atom is 0.253 e. The predicted octanol–water partition coefficient (Wildman–Crippen LogP) is 5.70. The summed E-state index contributed by atoms with van der Waals surface area (Å²) < 4.78 is 2.25. The maximum absolute atomic E-state index is 13.1. The van der Waals surface area contributed by atoms with Crippen LogP contribution in [0.2, 0.25) is 0 Å². The fourth-order valence-electron chi connectivity index (χ4n) is 6.02. The van der Waals surface area contributed by atoms with Crippen LogP contribution >= 0.6 is 0 Å². The lowest BCUT2D eigenvalue weighted by Gasteiger charge is -2.34. The van der Waals surface area contributed by atoms with Crippen LogP contribution in [0.3, 0.4) is 0 Å². The van der Waals surface area contributed by atoms with E-state index >= 15 is 0 Å². The van der Waals surface area contributed by atoms with Crippen LogP contribution in [0.1, 0.15) is 46.8 Å². The van der Waals surface area contributed by atoms with Crippen molar-refractivity contribution in [1.82, 2.24) is 29.3 Å². The normalized spacial score (nSPS) is 14.9. The van der Waals surface area contributed by atoms with E-state index < -0.39 is 0 Å². The van der Waals surface area contributed by atoms with Gasteiger partial charge in [-0.1, -0.05) is 42.5 Å². The molecule has 2 aromatic carbocycles. The highest BCUT2D eigenvalue weighted by atomic mass is 16.2. The molecule has 0 spiro atoms. The van der Waals surface area contributed by atoms with Gasteiger partial charge in [0.25, 0.3) is 5.91 Å². The van der Waals surface area contributed by atoms with E-state index in [4.69, 9.17) is 4.98 Å². The largest absolute Gasteiger partial charge is 0.353 e. The zero-order valence-electron chi connectivity index (χ0n) is 24.7. The Morgan fingerprint density at radius 1 is 0.953 bits per heavy atom. The minimum absolute atomic E-state index is 0.0513. The number of benzene rings is 2. The first-order valence-electron chi connectivity index (χ1n) is 15.2. The molecule has 0 bridgehead atoms. The highest BCUT2D eigenvalue weighted by Gasteiger charge is 2.24. The first-order valence-corrected chi connectivity index (χ1v) is 15.2. The Morgan fingerprint density at radius 3 is 2.51 bits per heavy atom. The van der Waals surface area contributed by atoms with Crippen molar-refractivity contribution >= 4 is 22.9 Å². The van der Waals surface area contributed by atoms with Crippen molar-refractivity contribution in [1.29, 1.82) is 0 Å². The Morgan fingerprint density at radius 2 is 1.74 bits per heavy atom. The van der Waals surface area contributed by atoms with Gasteiger partial charge in [-0.3, -0.25) is 14.8 Å². The Balaban J connectivity index is 1.07. The average Bonchev–Trinajstić information content (AvgIpc) is 3.40. The molecule has 1 aliphatic heterocycles. The van der Waals surface area contributed by atoms with Crippen molar-refractivity contribution in [2.75, 3.05) is 38.5 Å². The summed E-state index contributed by atoms with van der Waals surface area (Å²) in [5, 5.41) is 3.77. The molecule has 8 nitrogen and oxygen atoms in total. The summed E-state index contributed by atoms with van der Waals surface area (Å²) in [6, 6.07) is 28.3. The van der Waals surface area contributed by atoms with E-state index in [2.05, 4.69) is 55.1 Å². The van der Waals surface area contributed by atoms with Crippen molar-refractivity contribution in [3.8, 4) is 0 Å². The molecule has 1 aliphatic rings. The van der Waals surface area contributed by atoms with Gasteiger partial charge in [0.2, 0.25) is 5.95 Å². The summed E-state index contributed by atoms with van der Waals surface area (Å²) in [6.07, 6.45) is 8.67. The predicted molar refractivity (Wildman–Crippen MR) is 171 cm³/mol. The van der Waals surface area contributed by atoms with Crippen LogP contribution < -0.4 is 5.32 Å². The lowest BCUT2D eigenvalue weighted by molar-refractivity contribution is 0.0781. The number of fused-ring (bicyclic) bond motifs is 1. The number of anilines is 1. The van der Waals surface area contributed by atoms with Gasteiger partial charge in [-0.05, 0) is 73.8 Å². The summed E-state index contributed by atoms with van der Waals surface area (Å²) >= 11 is 0. The first-order chi connectivity index (χ1) is 21.1. The topological polar surface area (TPSA) is 79.2 Å². The fourth-order valence-corrected chi connectivity index (χ4v) is 6.02. The van der Waals surface area contributed by atoms with Crippen LogP contribution in [-0.2, 0) is 6.54 Å². The number of aromatic nitrogens is 4. The molecule has 8 heteroatoms. The van der Waals surface area contributed by atoms with Gasteiger partial charge in [0.15, 0.2) is 0 Å². The van der Waals surface area contributed by atoms with E-state index in [1.807, 2.05) is 85.1 Å². The van der Waals surface area contributed by atoms with Crippen LogP contribution in [0.5, 0.6) is 0 Å². The van der Waals surface area contributed by atoms with E-state index in [1.54, 1.807) is 0 Å². The molecule has 1 unspecified atom stereocenters. The molecule has 220 valence electrons. The van der Waals surface area contributed by atoms with Crippen LogP contribution in [0.25, 0.3) is 11.0 Å². The number of nitrogens with one attached hydrogen (secondary N) is 1. The molecular formula is C35H39N7O. The lowest BCUT2D eigenvalue weighted by atomic mass is 9.95. The molecular weight excluding hydrogens is 534 g/mol. The Labute approximate surface area is 253 Å². The number of pyridine rings is 2. The van der Waals surface area contributed by atoms with E-state index in [0.29, 0.717) is 19.1 Å². The average molecular weight is 574 g/mol. The first kappa shape index (κ1) is 28.6. The number of rotatable bonds is 11. The molecule has 0 aliphatic carbocycles. The summed E-state index contributed by atoms with van der Waals surface area (Å²) in [4.78, 5) is 31.3. The Hall–Kier alpha value is -4.56.